The van der Waals surface area contributed by atoms with Gasteiger partial charge in [0, 0.05) is 5.69 Å². The first-order chi connectivity index (χ1) is 13.6. The lowest BCUT2D eigenvalue weighted by molar-refractivity contribution is 0.187. The molecule has 2 aromatic rings. The van der Waals surface area contributed by atoms with E-state index in [4.69, 9.17) is 4.74 Å². The number of aryl methyl sites for hydroxylation is 2. The molecule has 0 saturated heterocycles. The van der Waals surface area contributed by atoms with Gasteiger partial charge in [-0.25, -0.2) is 4.79 Å². The van der Waals surface area contributed by atoms with Crippen molar-refractivity contribution in [3.8, 4) is 0 Å². The van der Waals surface area contributed by atoms with E-state index >= 15 is 0 Å². The Balaban J connectivity index is 1.68. The highest BCUT2D eigenvalue weighted by molar-refractivity contribution is 5.84. The molecule has 0 saturated carbocycles. The number of allylic oxidation sites excluding steroid dienone is 4. The maximum atomic E-state index is 11.6. The van der Waals surface area contributed by atoms with Crippen LogP contribution in [0.4, 0.5) is 10.5 Å². The highest BCUT2D eigenvalue weighted by Crippen LogP contribution is 2.43. The number of methoxy groups -OCH3 is 1. The molecule has 3 heteroatoms. The first-order valence-corrected chi connectivity index (χ1v) is 10.0. The predicted molar refractivity (Wildman–Crippen MR) is 114 cm³/mol. The van der Waals surface area contributed by atoms with Crippen molar-refractivity contribution in [2.24, 2.45) is 11.8 Å². The summed E-state index contributed by atoms with van der Waals surface area (Å²) in [5.74, 6) is 1.52. The molecule has 0 aromatic heterocycles. The molecule has 3 unspecified atom stereocenters. The summed E-state index contributed by atoms with van der Waals surface area (Å²) in [6.45, 7) is 2.18. The van der Waals surface area contributed by atoms with Gasteiger partial charge >= 0.3 is 6.09 Å². The van der Waals surface area contributed by atoms with Crippen LogP contribution in [-0.2, 0) is 17.6 Å². The lowest BCUT2D eigenvalue weighted by Crippen LogP contribution is -2.21. The van der Waals surface area contributed by atoms with Crippen molar-refractivity contribution in [3.05, 3.63) is 89.0 Å². The quantitative estimate of drug-likeness (QED) is 0.738. The van der Waals surface area contributed by atoms with Gasteiger partial charge < -0.3 is 4.74 Å². The zero-order valence-electron chi connectivity index (χ0n) is 16.5. The number of carbonyl (C=O) groups is 1. The van der Waals surface area contributed by atoms with Crippen molar-refractivity contribution < 1.29 is 9.53 Å². The number of amides is 1. The normalized spacial score (nSPS) is 22.7. The standard InChI is InChI=1S/C25H27NO2/c1-17-10-13-23-20(14-17)12-11-19-7-3-4-9-22(19)24(23)16-18-6-5-8-21(15-18)26-25(27)28-2/h3-10,13-15,19,22,24H,11-12,16H2,1-2H3,(H,26,27). The van der Waals surface area contributed by atoms with Gasteiger partial charge in [0.1, 0.15) is 0 Å². The van der Waals surface area contributed by atoms with E-state index in [0.717, 1.165) is 18.5 Å². The molecular weight excluding hydrogens is 346 g/mol. The summed E-state index contributed by atoms with van der Waals surface area (Å²) in [4.78, 5) is 11.6. The Kier molecular flexibility index (Phi) is 5.34. The molecule has 0 bridgehead atoms. The summed E-state index contributed by atoms with van der Waals surface area (Å²) in [6.07, 6.45) is 12.0. The fourth-order valence-electron chi connectivity index (χ4n) is 4.68. The number of anilines is 1. The number of carbonyl (C=O) groups excluding carboxylic acids is 1. The van der Waals surface area contributed by atoms with Crippen LogP contribution in [0.25, 0.3) is 0 Å². The van der Waals surface area contributed by atoms with Crippen LogP contribution < -0.4 is 5.32 Å². The topological polar surface area (TPSA) is 38.3 Å². The minimum absolute atomic E-state index is 0.428. The van der Waals surface area contributed by atoms with Gasteiger partial charge in [0.15, 0.2) is 0 Å². The van der Waals surface area contributed by atoms with Crippen LogP contribution in [0.1, 0.15) is 34.6 Å². The van der Waals surface area contributed by atoms with Gasteiger partial charge in [-0.1, -0.05) is 60.2 Å². The molecule has 0 radical (unpaired) electrons. The molecule has 28 heavy (non-hydrogen) atoms. The lowest BCUT2D eigenvalue weighted by atomic mass is 9.74. The predicted octanol–water partition coefficient (Wildman–Crippen LogP) is 5.80. The minimum atomic E-state index is -0.437. The third-order valence-corrected chi connectivity index (χ3v) is 6.02. The maximum absolute atomic E-state index is 11.6. The Morgan fingerprint density at radius 1 is 1.14 bits per heavy atom. The third kappa shape index (κ3) is 3.89. The third-order valence-electron chi connectivity index (χ3n) is 6.02. The van der Waals surface area contributed by atoms with Gasteiger partial charge in [0.2, 0.25) is 0 Å². The van der Waals surface area contributed by atoms with Crippen molar-refractivity contribution in [2.75, 3.05) is 12.4 Å². The summed E-state index contributed by atoms with van der Waals surface area (Å²) in [5, 5.41) is 2.78. The summed E-state index contributed by atoms with van der Waals surface area (Å²) < 4.78 is 4.72. The minimum Gasteiger partial charge on any atom is -0.453 e. The zero-order chi connectivity index (χ0) is 19.5. The molecule has 0 fully saturated rings. The van der Waals surface area contributed by atoms with E-state index in [9.17, 15) is 4.79 Å². The maximum Gasteiger partial charge on any atom is 0.411 e. The van der Waals surface area contributed by atoms with Crippen LogP contribution in [-0.4, -0.2) is 13.2 Å². The van der Waals surface area contributed by atoms with Crippen LogP contribution >= 0.6 is 0 Å². The molecule has 2 aromatic carbocycles. The SMILES string of the molecule is COC(=O)Nc1cccc(CC2c3ccc(C)cc3CCC3C=CC=CC32)c1. The van der Waals surface area contributed by atoms with Crippen molar-refractivity contribution in [2.45, 2.75) is 32.1 Å². The van der Waals surface area contributed by atoms with Crippen LogP contribution in [0.15, 0.2) is 66.8 Å². The second-order valence-corrected chi connectivity index (χ2v) is 7.88. The number of rotatable bonds is 3. The Morgan fingerprint density at radius 3 is 2.86 bits per heavy atom. The highest BCUT2D eigenvalue weighted by atomic mass is 16.5. The molecule has 4 rings (SSSR count). The van der Waals surface area contributed by atoms with Crippen molar-refractivity contribution in [1.29, 1.82) is 0 Å². The molecule has 0 aliphatic heterocycles. The molecule has 3 atom stereocenters. The number of ether oxygens (including phenoxy) is 1. The average molecular weight is 373 g/mol. The first kappa shape index (κ1) is 18.5. The van der Waals surface area contributed by atoms with Gasteiger partial charge in [-0.15, -0.1) is 0 Å². The summed E-state index contributed by atoms with van der Waals surface area (Å²) in [5.41, 5.74) is 6.30. The summed E-state index contributed by atoms with van der Waals surface area (Å²) in [6, 6.07) is 15.1. The van der Waals surface area contributed by atoms with Crippen LogP contribution in [0.3, 0.4) is 0 Å². The number of benzene rings is 2. The Hall–Kier alpha value is -2.81. The lowest BCUT2D eigenvalue weighted by Gasteiger charge is -2.30. The van der Waals surface area contributed by atoms with Crippen molar-refractivity contribution in [3.63, 3.8) is 0 Å². The number of nitrogens with one attached hydrogen (secondary N) is 1. The Labute approximate surface area is 167 Å². The molecule has 1 amide bonds. The smallest absolute Gasteiger partial charge is 0.411 e. The van der Waals surface area contributed by atoms with Crippen LogP contribution in [0.2, 0.25) is 0 Å². The number of fused-ring (bicyclic) bond motifs is 2. The van der Waals surface area contributed by atoms with Crippen LogP contribution in [0.5, 0.6) is 0 Å². The number of hydrogen-bond acceptors (Lipinski definition) is 2. The van der Waals surface area contributed by atoms with E-state index < -0.39 is 6.09 Å². The highest BCUT2D eigenvalue weighted by Gasteiger charge is 2.32. The van der Waals surface area contributed by atoms with Gasteiger partial charge in [-0.05, 0) is 72.8 Å². The molecule has 2 aliphatic rings. The summed E-state index contributed by atoms with van der Waals surface area (Å²) >= 11 is 0. The molecule has 0 heterocycles. The molecule has 1 N–H and O–H groups in total. The van der Waals surface area contributed by atoms with E-state index in [1.165, 1.54) is 35.8 Å². The fraction of sp³-hybridized carbons (Fsp3) is 0.320. The first-order valence-electron chi connectivity index (χ1n) is 10.0. The van der Waals surface area contributed by atoms with E-state index in [1.807, 2.05) is 12.1 Å². The van der Waals surface area contributed by atoms with E-state index in [-0.39, 0.29) is 0 Å². The van der Waals surface area contributed by atoms with Gasteiger partial charge in [-0.2, -0.15) is 0 Å². The van der Waals surface area contributed by atoms with Crippen molar-refractivity contribution >= 4 is 11.8 Å². The average Bonchev–Trinajstić information content (AvgIpc) is 2.85. The molecule has 2 aliphatic carbocycles. The summed E-state index contributed by atoms with van der Waals surface area (Å²) in [7, 11) is 1.38. The van der Waals surface area contributed by atoms with E-state index in [0.29, 0.717) is 17.8 Å². The largest absolute Gasteiger partial charge is 0.453 e. The molecular formula is C25H27NO2. The monoisotopic (exact) mass is 373 g/mol. The Morgan fingerprint density at radius 2 is 2.00 bits per heavy atom. The molecule has 144 valence electrons. The van der Waals surface area contributed by atoms with E-state index in [1.54, 1.807) is 0 Å². The van der Waals surface area contributed by atoms with Crippen molar-refractivity contribution in [1.82, 2.24) is 0 Å². The zero-order valence-corrected chi connectivity index (χ0v) is 16.5. The van der Waals surface area contributed by atoms with E-state index in [2.05, 4.69) is 66.9 Å². The van der Waals surface area contributed by atoms with Crippen LogP contribution in [0, 0.1) is 18.8 Å². The fourth-order valence-corrected chi connectivity index (χ4v) is 4.68. The Bertz CT molecular complexity index is 928. The van der Waals surface area contributed by atoms with Gasteiger partial charge in [-0.3, -0.25) is 5.32 Å². The molecule has 3 nitrogen and oxygen atoms in total. The molecule has 0 spiro atoms. The van der Waals surface area contributed by atoms with Gasteiger partial charge in [0.05, 0.1) is 7.11 Å². The number of hydrogen-bond donors (Lipinski definition) is 1. The second kappa shape index (κ2) is 8.05. The van der Waals surface area contributed by atoms with Gasteiger partial charge in [0.25, 0.3) is 0 Å². The second-order valence-electron chi connectivity index (χ2n) is 7.88.